The molecule has 0 aliphatic rings. The molecular weight excluding hydrogens is 384 g/mol. The molecule has 0 aliphatic carbocycles. The number of nitrogens with zero attached hydrogens (tertiary/aromatic N) is 2. The number of aromatic nitrogens is 3. The lowest BCUT2D eigenvalue weighted by Crippen LogP contribution is -2.44. The molecule has 2 aromatic carbocycles. The van der Waals surface area contributed by atoms with Gasteiger partial charge in [-0.3, -0.25) is 9.78 Å². The number of carbonyl (C=O) groups is 2. The number of H-pyrrole nitrogens is 1. The van der Waals surface area contributed by atoms with Crippen LogP contribution in [0.3, 0.4) is 0 Å². The maximum Gasteiger partial charge on any atom is 0.329 e. The van der Waals surface area contributed by atoms with Crippen LogP contribution < -0.4 is 10.1 Å². The highest BCUT2D eigenvalue weighted by Crippen LogP contribution is 2.21. The lowest BCUT2D eigenvalue weighted by molar-refractivity contribution is -0.140. The second-order valence-electron chi connectivity index (χ2n) is 6.54. The lowest BCUT2D eigenvalue weighted by atomic mass is 10.1. The van der Waals surface area contributed by atoms with Crippen molar-refractivity contribution in [3.63, 3.8) is 0 Å². The zero-order valence-corrected chi connectivity index (χ0v) is 15.8. The van der Waals surface area contributed by atoms with Crippen molar-refractivity contribution in [3.8, 4) is 17.1 Å². The van der Waals surface area contributed by atoms with Crippen molar-refractivity contribution >= 4 is 22.9 Å². The Bertz CT molecular complexity index is 1180. The molecule has 0 saturated carbocycles. The quantitative estimate of drug-likeness (QED) is 0.438. The predicted octanol–water partition coefficient (Wildman–Crippen LogP) is 2.89. The van der Waals surface area contributed by atoms with Crippen LogP contribution in [-0.4, -0.2) is 44.6 Å². The third kappa shape index (κ3) is 4.27. The van der Waals surface area contributed by atoms with Crippen molar-refractivity contribution in [1.82, 2.24) is 20.3 Å². The number of nitrogens with one attached hydrogen (secondary N) is 2. The molecule has 1 amide bonds. The normalized spacial score (nSPS) is 11.7. The number of fused-ring (bicyclic) bond motifs is 1. The van der Waals surface area contributed by atoms with Crippen molar-refractivity contribution in [2.45, 2.75) is 6.04 Å². The van der Waals surface area contributed by atoms with Gasteiger partial charge >= 0.3 is 5.97 Å². The fraction of sp³-hybridized carbons (Fsp3) is 0.0909. The van der Waals surface area contributed by atoms with E-state index in [0.717, 1.165) is 11.1 Å². The largest absolute Gasteiger partial charge is 0.491 e. The molecule has 150 valence electrons. The number of carboxylic acid groups (broad SMARTS) is 1. The SMILES string of the molecule is O=C(NC(COc1ccccc1)C(=O)O)c1ccc2[nH]c(-c3ccncc3)nc2c1. The number of hydrogen-bond acceptors (Lipinski definition) is 5. The van der Waals surface area contributed by atoms with Crippen molar-refractivity contribution in [1.29, 1.82) is 0 Å². The molecule has 2 aromatic heterocycles. The van der Waals surface area contributed by atoms with Gasteiger partial charge in [-0.25, -0.2) is 9.78 Å². The van der Waals surface area contributed by atoms with E-state index in [1.165, 1.54) is 0 Å². The van der Waals surface area contributed by atoms with Gasteiger partial charge in [0.2, 0.25) is 0 Å². The Morgan fingerprint density at radius 2 is 1.83 bits per heavy atom. The number of aliphatic carboxylic acids is 1. The number of aromatic amines is 1. The highest BCUT2D eigenvalue weighted by Gasteiger charge is 2.22. The number of pyridine rings is 1. The number of carbonyl (C=O) groups excluding carboxylic acids is 1. The molecule has 1 unspecified atom stereocenters. The zero-order chi connectivity index (χ0) is 20.9. The standard InChI is InChI=1S/C22H18N4O4/c27-21(26-19(22(28)29)13-30-16-4-2-1-3-5-16)15-6-7-17-18(12-15)25-20(24-17)14-8-10-23-11-9-14/h1-12,19H,13H2,(H,24,25)(H,26,27)(H,28,29). The summed E-state index contributed by atoms with van der Waals surface area (Å²) in [6, 6.07) is 16.2. The molecule has 3 N–H and O–H groups in total. The fourth-order valence-corrected chi connectivity index (χ4v) is 2.91. The van der Waals surface area contributed by atoms with Gasteiger partial charge in [0.1, 0.15) is 18.2 Å². The second kappa shape index (κ2) is 8.44. The first kappa shape index (κ1) is 19.1. The minimum absolute atomic E-state index is 0.193. The van der Waals surface area contributed by atoms with Crippen molar-refractivity contribution < 1.29 is 19.4 Å². The van der Waals surface area contributed by atoms with Gasteiger partial charge in [-0.05, 0) is 42.5 Å². The Hall–Kier alpha value is -4.20. The first-order valence-electron chi connectivity index (χ1n) is 9.22. The average molecular weight is 402 g/mol. The molecule has 0 saturated heterocycles. The first-order chi connectivity index (χ1) is 14.6. The Balaban J connectivity index is 1.49. The van der Waals surface area contributed by atoms with E-state index in [1.54, 1.807) is 54.9 Å². The van der Waals surface area contributed by atoms with Gasteiger partial charge < -0.3 is 20.1 Å². The van der Waals surface area contributed by atoms with Gasteiger partial charge in [0, 0.05) is 23.5 Å². The van der Waals surface area contributed by atoms with Crippen LogP contribution in [0.5, 0.6) is 5.75 Å². The minimum Gasteiger partial charge on any atom is -0.491 e. The molecule has 2 heterocycles. The predicted molar refractivity (Wildman–Crippen MR) is 110 cm³/mol. The van der Waals surface area contributed by atoms with Crippen LogP contribution in [0.1, 0.15) is 10.4 Å². The summed E-state index contributed by atoms with van der Waals surface area (Å²) in [5, 5.41) is 11.9. The Morgan fingerprint density at radius 3 is 2.57 bits per heavy atom. The second-order valence-corrected chi connectivity index (χ2v) is 6.54. The number of benzene rings is 2. The maximum absolute atomic E-state index is 12.6. The van der Waals surface area contributed by atoms with Crippen LogP contribution in [0.2, 0.25) is 0 Å². The summed E-state index contributed by atoms with van der Waals surface area (Å²) >= 11 is 0. The summed E-state index contributed by atoms with van der Waals surface area (Å²) in [4.78, 5) is 35.8. The molecule has 0 radical (unpaired) electrons. The molecule has 30 heavy (non-hydrogen) atoms. The van der Waals surface area contributed by atoms with Crippen LogP contribution in [0.4, 0.5) is 0 Å². The average Bonchev–Trinajstić information content (AvgIpc) is 3.21. The summed E-state index contributed by atoms with van der Waals surface area (Å²) in [6.45, 7) is -0.193. The number of amides is 1. The molecule has 0 aliphatic heterocycles. The van der Waals surface area contributed by atoms with E-state index in [1.807, 2.05) is 18.2 Å². The Morgan fingerprint density at radius 1 is 1.07 bits per heavy atom. The summed E-state index contributed by atoms with van der Waals surface area (Å²) < 4.78 is 5.47. The highest BCUT2D eigenvalue weighted by molar-refractivity contribution is 5.99. The van der Waals surface area contributed by atoms with Crippen molar-refractivity contribution in [3.05, 3.63) is 78.6 Å². The Labute approximate surface area is 171 Å². The van der Waals surface area contributed by atoms with E-state index in [9.17, 15) is 14.7 Å². The van der Waals surface area contributed by atoms with Gasteiger partial charge in [0.25, 0.3) is 5.91 Å². The van der Waals surface area contributed by atoms with Crippen LogP contribution in [-0.2, 0) is 4.79 Å². The van der Waals surface area contributed by atoms with E-state index >= 15 is 0 Å². The molecule has 8 heteroatoms. The summed E-state index contributed by atoms with van der Waals surface area (Å²) in [5.74, 6) is -0.515. The Kier molecular flexibility index (Phi) is 5.38. The topological polar surface area (TPSA) is 117 Å². The molecule has 4 aromatic rings. The van der Waals surface area contributed by atoms with E-state index in [4.69, 9.17) is 4.74 Å². The van der Waals surface area contributed by atoms with Gasteiger partial charge in [-0.2, -0.15) is 0 Å². The molecule has 8 nitrogen and oxygen atoms in total. The monoisotopic (exact) mass is 402 g/mol. The smallest absolute Gasteiger partial charge is 0.329 e. The highest BCUT2D eigenvalue weighted by atomic mass is 16.5. The third-order valence-corrected chi connectivity index (χ3v) is 4.46. The molecule has 0 fully saturated rings. The van der Waals surface area contributed by atoms with Crippen LogP contribution in [0.25, 0.3) is 22.4 Å². The van der Waals surface area contributed by atoms with Crippen LogP contribution >= 0.6 is 0 Å². The number of carboxylic acids is 1. The van der Waals surface area contributed by atoms with Crippen molar-refractivity contribution in [2.75, 3.05) is 6.61 Å². The number of hydrogen-bond donors (Lipinski definition) is 3. The van der Waals surface area contributed by atoms with Gasteiger partial charge in [-0.1, -0.05) is 18.2 Å². The summed E-state index contributed by atoms with van der Waals surface area (Å²) in [7, 11) is 0. The fourth-order valence-electron chi connectivity index (χ4n) is 2.91. The summed E-state index contributed by atoms with van der Waals surface area (Å²) in [5.41, 5.74) is 2.54. The van der Waals surface area contributed by atoms with Crippen molar-refractivity contribution in [2.24, 2.45) is 0 Å². The van der Waals surface area contributed by atoms with Gasteiger partial charge in [0.05, 0.1) is 11.0 Å². The lowest BCUT2D eigenvalue weighted by Gasteiger charge is -2.15. The van der Waals surface area contributed by atoms with Gasteiger partial charge in [-0.15, -0.1) is 0 Å². The number of imidazole rings is 1. The molecule has 0 bridgehead atoms. The molecule has 0 spiro atoms. The van der Waals surface area contributed by atoms with Gasteiger partial charge in [0.15, 0.2) is 6.04 Å². The number of rotatable bonds is 7. The van der Waals surface area contributed by atoms with Crippen LogP contribution in [0, 0.1) is 0 Å². The van der Waals surface area contributed by atoms with E-state index < -0.39 is 17.9 Å². The van der Waals surface area contributed by atoms with E-state index in [0.29, 0.717) is 22.7 Å². The van der Waals surface area contributed by atoms with E-state index in [-0.39, 0.29) is 6.61 Å². The third-order valence-electron chi connectivity index (χ3n) is 4.46. The molecule has 1 atom stereocenters. The van der Waals surface area contributed by atoms with E-state index in [2.05, 4.69) is 20.3 Å². The number of ether oxygens (including phenoxy) is 1. The summed E-state index contributed by atoms with van der Waals surface area (Å²) in [6.07, 6.45) is 3.34. The first-order valence-corrected chi connectivity index (χ1v) is 9.22. The molecule has 4 rings (SSSR count). The zero-order valence-electron chi connectivity index (χ0n) is 15.8. The molecular formula is C22H18N4O4. The number of para-hydroxylation sites is 1. The minimum atomic E-state index is -1.19. The van der Waals surface area contributed by atoms with Crippen LogP contribution in [0.15, 0.2) is 73.1 Å². The maximum atomic E-state index is 12.6.